The highest BCUT2D eigenvalue weighted by Crippen LogP contribution is 2.24. The van der Waals surface area contributed by atoms with Crippen LogP contribution in [0, 0.1) is 11.7 Å². The van der Waals surface area contributed by atoms with E-state index < -0.39 is 0 Å². The highest BCUT2D eigenvalue weighted by atomic mass is 19.1. The molecule has 1 amide bonds. The molecule has 142 valence electrons. The van der Waals surface area contributed by atoms with Gasteiger partial charge in [-0.05, 0) is 55.3 Å². The predicted octanol–water partition coefficient (Wildman–Crippen LogP) is 3.53. The number of piperidine rings is 1. The van der Waals surface area contributed by atoms with Crippen molar-refractivity contribution < 1.29 is 9.18 Å². The lowest BCUT2D eigenvalue weighted by Crippen LogP contribution is -2.38. The number of nitrogens with zero attached hydrogens (tertiary/aromatic N) is 4. The molecule has 28 heavy (non-hydrogen) atoms. The summed E-state index contributed by atoms with van der Waals surface area (Å²) in [6.07, 6.45) is 4.89. The van der Waals surface area contributed by atoms with E-state index in [4.69, 9.17) is 0 Å². The number of rotatable bonds is 4. The number of amides is 1. The third kappa shape index (κ3) is 4.14. The van der Waals surface area contributed by atoms with Crippen LogP contribution in [0.15, 0.2) is 60.9 Å². The minimum atomic E-state index is -0.360. The van der Waals surface area contributed by atoms with Crippen LogP contribution in [0.2, 0.25) is 0 Å². The van der Waals surface area contributed by atoms with E-state index in [-0.39, 0.29) is 17.6 Å². The van der Waals surface area contributed by atoms with Crippen LogP contribution in [0.4, 0.5) is 15.9 Å². The number of hydrogen-bond donors (Lipinski definition) is 1. The number of benzene rings is 1. The Morgan fingerprint density at radius 1 is 1.04 bits per heavy atom. The van der Waals surface area contributed by atoms with Crippen LogP contribution in [-0.4, -0.2) is 34.2 Å². The molecule has 7 heteroatoms. The largest absolute Gasteiger partial charge is 0.355 e. The molecule has 0 aliphatic carbocycles. The van der Waals surface area contributed by atoms with Gasteiger partial charge < -0.3 is 10.2 Å². The second kappa shape index (κ2) is 8.12. The SMILES string of the molecule is O=C(Nc1cccc(F)c1)C1CCN(c2ccc(-c3ccncc3)nn2)CC1. The molecule has 3 heterocycles. The number of anilines is 2. The summed E-state index contributed by atoms with van der Waals surface area (Å²) in [7, 11) is 0. The Bertz CT molecular complexity index is 941. The standard InChI is InChI=1S/C21H20FN5O/c22-17-2-1-3-18(14-17)24-21(28)16-8-12-27(13-9-16)20-5-4-19(25-26-20)15-6-10-23-11-7-15/h1-7,10-11,14,16H,8-9,12-13H2,(H,24,28). The quantitative estimate of drug-likeness (QED) is 0.753. The smallest absolute Gasteiger partial charge is 0.227 e. The molecule has 2 aromatic heterocycles. The Balaban J connectivity index is 1.34. The average molecular weight is 377 g/mol. The molecule has 6 nitrogen and oxygen atoms in total. The molecule has 0 bridgehead atoms. The average Bonchev–Trinajstić information content (AvgIpc) is 2.75. The third-order valence-corrected chi connectivity index (χ3v) is 4.91. The third-order valence-electron chi connectivity index (χ3n) is 4.91. The van der Waals surface area contributed by atoms with Crippen molar-refractivity contribution in [2.45, 2.75) is 12.8 Å². The number of hydrogen-bond acceptors (Lipinski definition) is 5. The first-order valence-corrected chi connectivity index (χ1v) is 9.24. The van der Waals surface area contributed by atoms with Gasteiger partial charge in [-0.1, -0.05) is 6.07 Å². The zero-order chi connectivity index (χ0) is 19.3. The molecule has 3 aromatic rings. The molecule has 1 aliphatic heterocycles. The fraction of sp³-hybridized carbons (Fsp3) is 0.238. The fourth-order valence-corrected chi connectivity index (χ4v) is 3.35. The molecule has 0 unspecified atom stereocenters. The van der Waals surface area contributed by atoms with E-state index >= 15 is 0 Å². The molecule has 4 rings (SSSR count). The van der Waals surface area contributed by atoms with Gasteiger partial charge in [0.25, 0.3) is 0 Å². The highest BCUT2D eigenvalue weighted by molar-refractivity contribution is 5.92. The maximum Gasteiger partial charge on any atom is 0.227 e. The van der Waals surface area contributed by atoms with Crippen LogP contribution in [0.25, 0.3) is 11.3 Å². The van der Waals surface area contributed by atoms with Gasteiger partial charge in [0, 0.05) is 42.7 Å². The van der Waals surface area contributed by atoms with E-state index in [1.165, 1.54) is 12.1 Å². The molecule has 1 aliphatic rings. The summed E-state index contributed by atoms with van der Waals surface area (Å²) in [5, 5.41) is 11.4. The van der Waals surface area contributed by atoms with Crippen molar-refractivity contribution in [2.75, 3.05) is 23.3 Å². The molecule has 1 aromatic carbocycles. The molecular formula is C21H20FN5O. The second-order valence-electron chi connectivity index (χ2n) is 6.77. The van der Waals surface area contributed by atoms with E-state index in [0.717, 1.165) is 43.0 Å². The van der Waals surface area contributed by atoms with E-state index in [1.54, 1.807) is 24.5 Å². The molecule has 0 atom stereocenters. The molecule has 1 N–H and O–H groups in total. The molecule has 0 radical (unpaired) electrons. The predicted molar refractivity (Wildman–Crippen MR) is 105 cm³/mol. The van der Waals surface area contributed by atoms with Gasteiger partial charge in [0.1, 0.15) is 5.82 Å². The van der Waals surface area contributed by atoms with Crippen molar-refractivity contribution in [3.63, 3.8) is 0 Å². The van der Waals surface area contributed by atoms with Crippen molar-refractivity contribution >= 4 is 17.4 Å². The van der Waals surface area contributed by atoms with Gasteiger partial charge in [-0.25, -0.2) is 4.39 Å². The lowest BCUT2D eigenvalue weighted by Gasteiger charge is -2.31. The number of carbonyl (C=O) groups excluding carboxylic acids is 1. The van der Waals surface area contributed by atoms with Crippen molar-refractivity contribution in [1.82, 2.24) is 15.2 Å². The summed E-state index contributed by atoms with van der Waals surface area (Å²) in [5.74, 6) is 0.288. The molecule has 1 saturated heterocycles. The number of halogens is 1. The van der Waals surface area contributed by atoms with Gasteiger partial charge in [-0.3, -0.25) is 9.78 Å². The van der Waals surface area contributed by atoms with Crippen LogP contribution in [-0.2, 0) is 4.79 Å². The first-order valence-electron chi connectivity index (χ1n) is 9.24. The number of pyridine rings is 1. The van der Waals surface area contributed by atoms with Crippen LogP contribution < -0.4 is 10.2 Å². The number of nitrogens with one attached hydrogen (secondary N) is 1. The summed E-state index contributed by atoms with van der Waals surface area (Å²) < 4.78 is 13.3. The second-order valence-corrected chi connectivity index (χ2v) is 6.77. The molecule has 0 spiro atoms. The first-order chi connectivity index (χ1) is 13.7. The Kier molecular flexibility index (Phi) is 5.23. The zero-order valence-electron chi connectivity index (χ0n) is 15.3. The van der Waals surface area contributed by atoms with Crippen molar-refractivity contribution in [2.24, 2.45) is 5.92 Å². The van der Waals surface area contributed by atoms with Crippen molar-refractivity contribution in [3.8, 4) is 11.3 Å². The van der Waals surface area contributed by atoms with Gasteiger partial charge in [0.2, 0.25) is 5.91 Å². The molecule has 1 fully saturated rings. The Morgan fingerprint density at radius 3 is 2.50 bits per heavy atom. The van der Waals surface area contributed by atoms with Gasteiger partial charge in [0.15, 0.2) is 5.82 Å². The number of aromatic nitrogens is 3. The molecular weight excluding hydrogens is 357 g/mol. The van der Waals surface area contributed by atoms with E-state index in [0.29, 0.717) is 5.69 Å². The fourth-order valence-electron chi connectivity index (χ4n) is 3.35. The highest BCUT2D eigenvalue weighted by Gasteiger charge is 2.26. The van der Waals surface area contributed by atoms with Crippen LogP contribution in [0.3, 0.4) is 0 Å². The van der Waals surface area contributed by atoms with Gasteiger partial charge >= 0.3 is 0 Å². The Hall–Kier alpha value is -3.35. The minimum Gasteiger partial charge on any atom is -0.355 e. The van der Waals surface area contributed by atoms with Crippen LogP contribution >= 0.6 is 0 Å². The first kappa shape index (κ1) is 18.0. The van der Waals surface area contributed by atoms with Crippen LogP contribution in [0.5, 0.6) is 0 Å². The van der Waals surface area contributed by atoms with Gasteiger partial charge in [-0.15, -0.1) is 10.2 Å². The summed E-state index contributed by atoms with van der Waals surface area (Å²) in [6, 6.07) is 13.6. The van der Waals surface area contributed by atoms with E-state index in [1.807, 2.05) is 24.3 Å². The lowest BCUT2D eigenvalue weighted by atomic mass is 9.96. The zero-order valence-corrected chi connectivity index (χ0v) is 15.3. The Morgan fingerprint density at radius 2 is 1.82 bits per heavy atom. The summed E-state index contributed by atoms with van der Waals surface area (Å²) >= 11 is 0. The van der Waals surface area contributed by atoms with Gasteiger partial charge in [-0.2, -0.15) is 0 Å². The van der Waals surface area contributed by atoms with Crippen LogP contribution in [0.1, 0.15) is 12.8 Å². The monoisotopic (exact) mass is 377 g/mol. The van der Waals surface area contributed by atoms with E-state index in [9.17, 15) is 9.18 Å². The molecule has 0 saturated carbocycles. The lowest BCUT2D eigenvalue weighted by molar-refractivity contribution is -0.120. The normalized spacial score (nSPS) is 14.7. The van der Waals surface area contributed by atoms with Crippen molar-refractivity contribution in [1.29, 1.82) is 0 Å². The summed E-state index contributed by atoms with van der Waals surface area (Å²) in [6.45, 7) is 1.45. The van der Waals surface area contributed by atoms with Gasteiger partial charge in [0.05, 0.1) is 5.69 Å². The summed E-state index contributed by atoms with van der Waals surface area (Å²) in [4.78, 5) is 18.6. The number of carbonyl (C=O) groups is 1. The maximum absolute atomic E-state index is 13.3. The van der Waals surface area contributed by atoms with E-state index in [2.05, 4.69) is 25.4 Å². The maximum atomic E-state index is 13.3. The summed E-state index contributed by atoms with van der Waals surface area (Å²) in [5.41, 5.74) is 2.27. The topological polar surface area (TPSA) is 71.0 Å². The Labute approximate surface area is 162 Å². The minimum absolute atomic E-state index is 0.0654. The van der Waals surface area contributed by atoms with Crippen molar-refractivity contribution in [3.05, 3.63) is 66.7 Å².